The maximum Gasteiger partial charge on any atom is 0.119 e. The molecule has 0 saturated heterocycles. The quantitative estimate of drug-likeness (QED) is 0.802. The molecule has 1 aromatic carbocycles. The first-order chi connectivity index (χ1) is 7.29. The number of ether oxygens (including phenoxy) is 1. The molecule has 2 heteroatoms. The van der Waals surface area contributed by atoms with Crippen molar-refractivity contribution in [3.05, 3.63) is 29.8 Å². The van der Waals surface area contributed by atoms with Crippen LogP contribution in [0.5, 0.6) is 5.75 Å². The monoisotopic (exact) mass is 206 g/mol. The molecule has 0 spiro atoms. The van der Waals surface area contributed by atoms with Crippen LogP contribution >= 0.6 is 0 Å². The molecule has 0 radical (unpaired) electrons. The van der Waals surface area contributed by atoms with Gasteiger partial charge in [-0.2, -0.15) is 0 Å². The number of aliphatic hydroxyl groups is 1. The molecular weight excluding hydrogens is 188 g/mol. The van der Waals surface area contributed by atoms with Gasteiger partial charge in [0.2, 0.25) is 0 Å². The van der Waals surface area contributed by atoms with Crippen molar-refractivity contribution in [2.75, 3.05) is 6.61 Å². The van der Waals surface area contributed by atoms with Crippen molar-refractivity contribution in [2.45, 2.75) is 32.3 Å². The molecule has 1 aliphatic rings. The molecule has 1 N–H and O–H groups in total. The lowest BCUT2D eigenvalue weighted by Gasteiger charge is -2.09. The molecule has 0 unspecified atom stereocenters. The van der Waals surface area contributed by atoms with Crippen LogP contribution in [0.4, 0.5) is 0 Å². The fraction of sp³-hybridized carbons (Fsp3) is 0.538. The highest BCUT2D eigenvalue weighted by atomic mass is 16.5. The van der Waals surface area contributed by atoms with E-state index in [1.165, 1.54) is 12.8 Å². The van der Waals surface area contributed by atoms with Crippen molar-refractivity contribution in [1.29, 1.82) is 0 Å². The van der Waals surface area contributed by atoms with Gasteiger partial charge in [-0.15, -0.1) is 0 Å². The molecule has 0 aromatic heterocycles. The molecule has 1 saturated carbocycles. The molecule has 2 nitrogen and oxygen atoms in total. The van der Waals surface area contributed by atoms with Gasteiger partial charge in [-0.3, -0.25) is 0 Å². The lowest BCUT2D eigenvalue weighted by Crippen LogP contribution is -1.99. The van der Waals surface area contributed by atoms with Crippen molar-refractivity contribution in [1.82, 2.24) is 0 Å². The zero-order chi connectivity index (χ0) is 10.7. The largest absolute Gasteiger partial charge is 0.493 e. The van der Waals surface area contributed by atoms with Gasteiger partial charge in [0.05, 0.1) is 12.7 Å². The predicted octanol–water partition coefficient (Wildman–Crippen LogP) is 2.92. The lowest BCUT2D eigenvalue weighted by atomic mass is 10.1. The van der Waals surface area contributed by atoms with E-state index in [0.29, 0.717) is 0 Å². The van der Waals surface area contributed by atoms with Crippen LogP contribution < -0.4 is 4.74 Å². The normalized spacial score (nSPS) is 17.5. The molecule has 1 atom stereocenters. The molecule has 0 heterocycles. The predicted molar refractivity (Wildman–Crippen MR) is 59.9 cm³/mol. The molecule has 1 aliphatic carbocycles. The summed E-state index contributed by atoms with van der Waals surface area (Å²) < 4.78 is 5.62. The Kier molecular flexibility index (Phi) is 3.27. The summed E-state index contributed by atoms with van der Waals surface area (Å²) >= 11 is 0. The van der Waals surface area contributed by atoms with Crippen molar-refractivity contribution in [2.24, 2.45) is 5.92 Å². The summed E-state index contributed by atoms with van der Waals surface area (Å²) in [6.45, 7) is 2.82. The van der Waals surface area contributed by atoms with Crippen LogP contribution in [-0.4, -0.2) is 11.7 Å². The summed E-state index contributed by atoms with van der Waals surface area (Å²) in [6, 6.07) is 7.76. The van der Waals surface area contributed by atoms with Gasteiger partial charge in [0.15, 0.2) is 0 Å². The van der Waals surface area contributed by atoms with E-state index in [4.69, 9.17) is 4.74 Å². The molecule has 0 aliphatic heterocycles. The van der Waals surface area contributed by atoms with Crippen molar-refractivity contribution in [3.63, 3.8) is 0 Å². The Hall–Kier alpha value is -1.02. The summed E-state index contributed by atoms with van der Waals surface area (Å²) in [5.74, 6) is 1.69. The SMILES string of the molecule is CC[C@@H](O)c1ccc(OCC2CC2)cc1. The van der Waals surface area contributed by atoms with Gasteiger partial charge in [0.25, 0.3) is 0 Å². The Bertz CT molecular complexity index is 301. The average molecular weight is 206 g/mol. The number of hydrogen-bond acceptors (Lipinski definition) is 2. The molecule has 1 aromatic rings. The van der Waals surface area contributed by atoms with Gasteiger partial charge < -0.3 is 9.84 Å². The fourth-order valence-corrected chi connectivity index (χ4v) is 1.52. The van der Waals surface area contributed by atoms with Gasteiger partial charge >= 0.3 is 0 Å². The number of aliphatic hydroxyl groups excluding tert-OH is 1. The van der Waals surface area contributed by atoms with Gasteiger partial charge in [-0.1, -0.05) is 19.1 Å². The summed E-state index contributed by atoms with van der Waals surface area (Å²) in [7, 11) is 0. The van der Waals surface area contributed by atoms with E-state index in [1.54, 1.807) is 0 Å². The first-order valence-corrected chi connectivity index (χ1v) is 5.70. The van der Waals surface area contributed by atoms with Gasteiger partial charge in [0, 0.05) is 0 Å². The Morgan fingerprint density at radius 1 is 1.33 bits per heavy atom. The number of benzene rings is 1. The van der Waals surface area contributed by atoms with Crippen LogP contribution in [0.25, 0.3) is 0 Å². The minimum absolute atomic E-state index is 0.345. The minimum atomic E-state index is -0.345. The second-order valence-electron chi connectivity index (χ2n) is 4.25. The van der Waals surface area contributed by atoms with E-state index in [9.17, 15) is 5.11 Å². The summed E-state index contributed by atoms with van der Waals surface area (Å²) in [4.78, 5) is 0. The zero-order valence-corrected chi connectivity index (χ0v) is 9.15. The van der Waals surface area contributed by atoms with Crippen LogP contribution in [0.2, 0.25) is 0 Å². The number of rotatable bonds is 5. The summed E-state index contributed by atoms with van der Waals surface area (Å²) in [6.07, 6.45) is 3.03. The van der Waals surface area contributed by atoms with E-state index in [2.05, 4.69) is 0 Å². The zero-order valence-electron chi connectivity index (χ0n) is 9.15. The van der Waals surface area contributed by atoms with Gasteiger partial charge in [-0.05, 0) is 42.9 Å². The molecule has 82 valence electrons. The third-order valence-electron chi connectivity index (χ3n) is 2.83. The topological polar surface area (TPSA) is 29.5 Å². The standard InChI is InChI=1S/C13H18O2/c1-2-13(14)11-5-7-12(8-6-11)15-9-10-3-4-10/h5-8,10,13-14H,2-4,9H2,1H3/t13-/m1/s1. The second kappa shape index (κ2) is 4.67. The van der Waals surface area contributed by atoms with E-state index in [1.807, 2.05) is 31.2 Å². The highest BCUT2D eigenvalue weighted by Gasteiger charge is 2.21. The first-order valence-electron chi connectivity index (χ1n) is 5.70. The lowest BCUT2D eigenvalue weighted by molar-refractivity contribution is 0.173. The van der Waals surface area contributed by atoms with Crippen LogP contribution in [0, 0.1) is 5.92 Å². The smallest absolute Gasteiger partial charge is 0.119 e. The Labute approximate surface area is 90.9 Å². The van der Waals surface area contributed by atoms with Crippen LogP contribution in [0.15, 0.2) is 24.3 Å². The Morgan fingerprint density at radius 3 is 2.53 bits per heavy atom. The van der Waals surface area contributed by atoms with Crippen LogP contribution in [-0.2, 0) is 0 Å². The van der Waals surface area contributed by atoms with E-state index >= 15 is 0 Å². The second-order valence-corrected chi connectivity index (χ2v) is 4.25. The maximum absolute atomic E-state index is 9.61. The van der Waals surface area contributed by atoms with Crippen LogP contribution in [0.3, 0.4) is 0 Å². The molecular formula is C13H18O2. The Balaban J connectivity index is 1.90. The highest BCUT2D eigenvalue weighted by Crippen LogP contribution is 2.29. The summed E-state index contributed by atoms with van der Waals surface area (Å²) in [5.41, 5.74) is 0.969. The van der Waals surface area contributed by atoms with Crippen molar-refractivity contribution in [3.8, 4) is 5.75 Å². The Morgan fingerprint density at radius 2 is 2.00 bits per heavy atom. The highest BCUT2D eigenvalue weighted by molar-refractivity contribution is 5.28. The third-order valence-corrected chi connectivity index (χ3v) is 2.83. The molecule has 0 amide bonds. The molecule has 2 rings (SSSR count). The summed E-state index contributed by atoms with van der Waals surface area (Å²) in [5, 5.41) is 9.61. The van der Waals surface area contributed by atoms with E-state index in [0.717, 1.165) is 30.3 Å². The van der Waals surface area contributed by atoms with Crippen molar-refractivity contribution < 1.29 is 9.84 Å². The molecule has 15 heavy (non-hydrogen) atoms. The van der Waals surface area contributed by atoms with E-state index < -0.39 is 0 Å². The van der Waals surface area contributed by atoms with Crippen molar-refractivity contribution >= 4 is 0 Å². The third kappa shape index (κ3) is 2.96. The maximum atomic E-state index is 9.61. The molecule has 0 bridgehead atoms. The average Bonchev–Trinajstić information content (AvgIpc) is 3.10. The fourth-order valence-electron chi connectivity index (χ4n) is 1.52. The number of hydrogen-bond donors (Lipinski definition) is 1. The first kappa shape index (κ1) is 10.5. The minimum Gasteiger partial charge on any atom is -0.493 e. The van der Waals surface area contributed by atoms with Gasteiger partial charge in [-0.25, -0.2) is 0 Å². The molecule has 1 fully saturated rings. The van der Waals surface area contributed by atoms with Crippen LogP contribution in [0.1, 0.15) is 37.9 Å². The van der Waals surface area contributed by atoms with Gasteiger partial charge in [0.1, 0.15) is 5.75 Å². The van der Waals surface area contributed by atoms with E-state index in [-0.39, 0.29) is 6.10 Å².